The van der Waals surface area contributed by atoms with E-state index in [0.29, 0.717) is 29.2 Å². The van der Waals surface area contributed by atoms with Crippen LogP contribution in [-0.2, 0) is 0 Å². The second-order valence-electron chi connectivity index (χ2n) is 5.32. The summed E-state index contributed by atoms with van der Waals surface area (Å²) in [5, 5.41) is 23.6. The van der Waals surface area contributed by atoms with Crippen LogP contribution < -0.4 is 5.32 Å². The number of halogens is 1. The van der Waals surface area contributed by atoms with Crippen LogP contribution in [0.25, 0.3) is 5.69 Å². The van der Waals surface area contributed by atoms with Crippen molar-refractivity contribution in [3.63, 3.8) is 0 Å². The van der Waals surface area contributed by atoms with Crippen LogP contribution in [0.4, 0.5) is 0 Å². The number of nitrogens with zero attached hydrogens (tertiary/aromatic N) is 4. The van der Waals surface area contributed by atoms with Crippen LogP contribution in [0.15, 0.2) is 24.5 Å². The van der Waals surface area contributed by atoms with Crippen molar-refractivity contribution in [2.75, 3.05) is 6.54 Å². The molecule has 2 aromatic rings. The molecule has 2 rings (SSSR count). The van der Waals surface area contributed by atoms with E-state index in [-0.39, 0.29) is 11.8 Å². The summed E-state index contributed by atoms with van der Waals surface area (Å²) in [6, 6.07) is 4.94. The van der Waals surface area contributed by atoms with Crippen LogP contribution in [0.2, 0.25) is 5.02 Å². The van der Waals surface area contributed by atoms with Crippen LogP contribution >= 0.6 is 11.6 Å². The predicted molar refractivity (Wildman–Crippen MR) is 82.0 cm³/mol. The van der Waals surface area contributed by atoms with Crippen molar-refractivity contribution in [2.24, 2.45) is 5.92 Å². The van der Waals surface area contributed by atoms with E-state index in [1.54, 1.807) is 25.1 Å². The van der Waals surface area contributed by atoms with Crippen LogP contribution in [0.5, 0.6) is 0 Å². The number of carbonyl (C=O) groups is 1. The van der Waals surface area contributed by atoms with Gasteiger partial charge in [-0.2, -0.15) is 4.68 Å². The maximum Gasteiger partial charge on any atom is 0.253 e. The summed E-state index contributed by atoms with van der Waals surface area (Å²) in [6.07, 6.45) is 1.64. The first kappa shape index (κ1) is 16.4. The Bertz CT molecular complexity index is 630. The molecule has 0 fully saturated rings. The lowest BCUT2D eigenvalue weighted by Gasteiger charge is -2.15. The number of aromatic nitrogens is 4. The number of aliphatic hydroxyl groups excluding tert-OH is 1. The third-order valence-electron chi connectivity index (χ3n) is 3.15. The number of tetrazole rings is 1. The molecule has 0 radical (unpaired) electrons. The molecular weight excluding hydrogens is 306 g/mol. The first-order chi connectivity index (χ1) is 10.5. The van der Waals surface area contributed by atoms with Gasteiger partial charge >= 0.3 is 0 Å². The lowest BCUT2D eigenvalue weighted by atomic mass is 10.0. The highest BCUT2D eigenvalue weighted by Crippen LogP contribution is 2.19. The fourth-order valence-corrected chi connectivity index (χ4v) is 2.36. The average Bonchev–Trinajstić information content (AvgIpc) is 2.98. The largest absolute Gasteiger partial charge is 0.393 e. The van der Waals surface area contributed by atoms with Crippen molar-refractivity contribution in [1.82, 2.24) is 25.5 Å². The molecule has 0 bridgehead atoms. The Kier molecular flexibility index (Phi) is 5.46. The monoisotopic (exact) mass is 323 g/mol. The van der Waals surface area contributed by atoms with Gasteiger partial charge in [-0.05, 0) is 47.9 Å². The van der Waals surface area contributed by atoms with Gasteiger partial charge in [-0.25, -0.2) is 0 Å². The van der Waals surface area contributed by atoms with E-state index in [4.69, 9.17) is 11.6 Å². The Morgan fingerprint density at radius 1 is 1.45 bits per heavy atom. The molecule has 7 nitrogen and oxygen atoms in total. The van der Waals surface area contributed by atoms with Crippen molar-refractivity contribution in [3.05, 3.63) is 35.1 Å². The SMILES string of the molecule is CC(O)CC(C)CNC(=O)c1cc(Cl)ccc1-n1cnnn1. The highest BCUT2D eigenvalue weighted by atomic mass is 35.5. The van der Waals surface area contributed by atoms with Crippen molar-refractivity contribution < 1.29 is 9.90 Å². The molecule has 2 atom stereocenters. The number of carbonyl (C=O) groups excluding carboxylic acids is 1. The van der Waals surface area contributed by atoms with Gasteiger partial charge in [0.15, 0.2) is 0 Å². The normalized spacial score (nSPS) is 13.6. The van der Waals surface area contributed by atoms with E-state index >= 15 is 0 Å². The quantitative estimate of drug-likeness (QED) is 0.839. The van der Waals surface area contributed by atoms with Gasteiger partial charge in [0, 0.05) is 11.6 Å². The number of benzene rings is 1. The number of hydrogen-bond donors (Lipinski definition) is 2. The first-order valence-corrected chi connectivity index (χ1v) is 7.34. The Labute approximate surface area is 133 Å². The van der Waals surface area contributed by atoms with Crippen molar-refractivity contribution in [2.45, 2.75) is 26.4 Å². The fraction of sp³-hybridized carbons (Fsp3) is 0.429. The van der Waals surface area contributed by atoms with Crippen molar-refractivity contribution >= 4 is 17.5 Å². The second-order valence-corrected chi connectivity index (χ2v) is 5.75. The molecule has 118 valence electrons. The summed E-state index contributed by atoms with van der Waals surface area (Å²) in [5.41, 5.74) is 0.944. The zero-order valence-corrected chi connectivity index (χ0v) is 13.2. The van der Waals surface area contributed by atoms with Gasteiger partial charge in [-0.15, -0.1) is 5.10 Å². The van der Waals surface area contributed by atoms with Crippen LogP contribution in [-0.4, -0.2) is 43.9 Å². The Balaban J connectivity index is 2.14. The Hall–Kier alpha value is -1.99. The summed E-state index contributed by atoms with van der Waals surface area (Å²) in [4.78, 5) is 12.4. The number of rotatable bonds is 6. The first-order valence-electron chi connectivity index (χ1n) is 6.96. The van der Waals surface area contributed by atoms with Crippen molar-refractivity contribution in [3.8, 4) is 5.69 Å². The smallest absolute Gasteiger partial charge is 0.253 e. The highest BCUT2D eigenvalue weighted by molar-refractivity contribution is 6.31. The van der Waals surface area contributed by atoms with Gasteiger partial charge in [-0.1, -0.05) is 18.5 Å². The molecule has 0 saturated heterocycles. The maximum absolute atomic E-state index is 12.4. The van der Waals surface area contributed by atoms with E-state index < -0.39 is 6.10 Å². The molecule has 1 heterocycles. The summed E-state index contributed by atoms with van der Waals surface area (Å²) in [7, 11) is 0. The third-order valence-corrected chi connectivity index (χ3v) is 3.39. The van der Waals surface area contributed by atoms with Gasteiger partial charge in [0.1, 0.15) is 6.33 Å². The van der Waals surface area contributed by atoms with Gasteiger partial charge in [0.25, 0.3) is 5.91 Å². The summed E-state index contributed by atoms with van der Waals surface area (Å²) >= 11 is 5.98. The van der Waals surface area contributed by atoms with Crippen LogP contribution in [0.3, 0.4) is 0 Å². The van der Waals surface area contributed by atoms with Gasteiger partial charge in [0.05, 0.1) is 17.4 Å². The molecule has 0 aliphatic heterocycles. The molecule has 0 saturated carbocycles. The van der Waals surface area contributed by atoms with E-state index in [1.165, 1.54) is 11.0 Å². The molecule has 1 aromatic carbocycles. The second kappa shape index (κ2) is 7.33. The minimum absolute atomic E-state index is 0.166. The molecule has 22 heavy (non-hydrogen) atoms. The van der Waals surface area contributed by atoms with E-state index in [2.05, 4.69) is 20.8 Å². The number of hydrogen-bond acceptors (Lipinski definition) is 5. The predicted octanol–water partition coefficient (Wildman–Crippen LogP) is 1.45. The van der Waals surface area contributed by atoms with E-state index in [9.17, 15) is 9.90 Å². The Morgan fingerprint density at radius 2 is 2.23 bits per heavy atom. The molecule has 2 N–H and O–H groups in total. The minimum atomic E-state index is -0.394. The number of aliphatic hydroxyl groups is 1. The zero-order valence-electron chi connectivity index (χ0n) is 12.4. The van der Waals surface area contributed by atoms with Crippen molar-refractivity contribution in [1.29, 1.82) is 0 Å². The lowest BCUT2D eigenvalue weighted by Crippen LogP contribution is -2.30. The molecular formula is C14H18ClN5O2. The topological polar surface area (TPSA) is 92.9 Å². The van der Waals surface area contributed by atoms with E-state index in [1.807, 2.05) is 6.92 Å². The van der Waals surface area contributed by atoms with Crippen LogP contribution in [0.1, 0.15) is 30.6 Å². The van der Waals surface area contributed by atoms with Gasteiger partial charge < -0.3 is 10.4 Å². The maximum atomic E-state index is 12.4. The molecule has 8 heteroatoms. The minimum Gasteiger partial charge on any atom is -0.393 e. The summed E-state index contributed by atoms with van der Waals surface area (Å²) in [5.74, 6) is -0.0925. The molecule has 1 amide bonds. The summed E-state index contributed by atoms with van der Waals surface area (Å²) < 4.78 is 1.41. The average molecular weight is 324 g/mol. The van der Waals surface area contributed by atoms with Crippen LogP contribution in [0, 0.1) is 5.92 Å². The molecule has 2 unspecified atom stereocenters. The molecule has 1 aromatic heterocycles. The molecule has 0 aliphatic carbocycles. The fourth-order valence-electron chi connectivity index (χ4n) is 2.19. The molecule has 0 spiro atoms. The number of nitrogens with one attached hydrogen (secondary N) is 1. The van der Waals surface area contributed by atoms with Gasteiger partial charge in [-0.3, -0.25) is 4.79 Å². The summed E-state index contributed by atoms with van der Waals surface area (Å²) in [6.45, 7) is 4.16. The standard InChI is InChI=1S/C14H18ClN5O2/c1-9(5-10(2)21)7-16-14(22)12-6-11(15)3-4-13(12)20-8-17-18-19-20/h3-4,6,8-10,21H,5,7H2,1-2H3,(H,16,22). The van der Waals surface area contributed by atoms with Gasteiger partial charge in [0.2, 0.25) is 0 Å². The highest BCUT2D eigenvalue weighted by Gasteiger charge is 2.15. The molecule has 0 aliphatic rings. The number of amides is 1. The lowest BCUT2D eigenvalue weighted by molar-refractivity contribution is 0.0939. The van der Waals surface area contributed by atoms with E-state index in [0.717, 1.165) is 0 Å². The zero-order chi connectivity index (χ0) is 16.1. The third kappa shape index (κ3) is 4.25. The Morgan fingerprint density at radius 3 is 2.86 bits per heavy atom.